The smallest absolute Gasteiger partial charge is 0.335 e. The minimum Gasteiger partial charge on any atom is -0.478 e. The summed E-state index contributed by atoms with van der Waals surface area (Å²) in [5, 5.41) is 18.3. The molecule has 3 rings (SSSR count). The molecule has 0 aliphatic heterocycles. The van der Waals surface area contributed by atoms with E-state index in [9.17, 15) is 14.7 Å². The average Bonchev–Trinajstić information content (AvgIpc) is 2.69. The zero-order valence-electron chi connectivity index (χ0n) is 13.4. The molecule has 0 bridgehead atoms. The van der Waals surface area contributed by atoms with Gasteiger partial charge < -0.3 is 10.2 Å². The van der Waals surface area contributed by atoms with Crippen molar-refractivity contribution in [1.29, 1.82) is 0 Å². The predicted molar refractivity (Wildman–Crippen MR) is 95.6 cm³/mol. The second-order valence-electron chi connectivity index (χ2n) is 5.21. The molecule has 0 amide bonds. The maximum atomic E-state index is 11.9. The first-order chi connectivity index (χ1) is 12.1. The highest BCUT2D eigenvalue weighted by atomic mass is 16.4. The summed E-state index contributed by atoms with van der Waals surface area (Å²) in [6, 6.07) is 26.0. The highest BCUT2D eigenvalue weighted by Gasteiger charge is 2.18. The van der Waals surface area contributed by atoms with E-state index in [0.29, 0.717) is 16.7 Å². The zero-order valence-corrected chi connectivity index (χ0v) is 13.4. The van der Waals surface area contributed by atoms with E-state index in [1.165, 1.54) is 0 Å². The molecule has 25 heavy (non-hydrogen) atoms. The minimum absolute atomic E-state index is 0.271. The van der Waals surface area contributed by atoms with Gasteiger partial charge in [-0.2, -0.15) is 0 Å². The first kappa shape index (κ1) is 18.1. The van der Waals surface area contributed by atoms with Crippen LogP contribution in [0.4, 0.5) is 0 Å². The Morgan fingerprint density at radius 2 is 1.04 bits per heavy atom. The molecule has 0 spiro atoms. The van der Waals surface area contributed by atoms with Gasteiger partial charge in [0.2, 0.25) is 0 Å². The molecule has 0 radical (unpaired) electrons. The number of aliphatic hydroxyl groups excluding tert-OH is 1. The molecule has 4 heteroatoms. The summed E-state index contributed by atoms with van der Waals surface area (Å²) in [7, 11) is 0. The molecule has 0 aliphatic rings. The average molecular weight is 334 g/mol. The van der Waals surface area contributed by atoms with Crippen LogP contribution in [-0.2, 0) is 0 Å². The highest BCUT2D eigenvalue weighted by molar-refractivity contribution is 5.99. The van der Waals surface area contributed by atoms with Crippen LogP contribution in [0.25, 0.3) is 0 Å². The summed E-state index contributed by atoms with van der Waals surface area (Å²) in [6.45, 7) is 0. The first-order valence-corrected chi connectivity index (χ1v) is 7.70. The van der Waals surface area contributed by atoms with Crippen molar-refractivity contribution in [2.24, 2.45) is 0 Å². The van der Waals surface area contributed by atoms with E-state index in [2.05, 4.69) is 0 Å². The van der Waals surface area contributed by atoms with E-state index in [1.54, 1.807) is 78.9 Å². The van der Waals surface area contributed by atoms with Gasteiger partial charge in [0.25, 0.3) is 0 Å². The van der Waals surface area contributed by atoms with E-state index in [4.69, 9.17) is 5.11 Å². The standard InChI is InChI=1S/C14H12O2.C7H6O2/c15-13(11-7-3-1-4-8-11)14(16)12-9-5-2-6-10-12;8-7(9)6-4-2-1-3-5-6/h1-10,13,15H;1-5H,(H,8,9). The molecule has 0 saturated heterocycles. The third kappa shape index (κ3) is 5.41. The molecule has 1 atom stereocenters. The number of carbonyl (C=O) groups excluding carboxylic acids is 1. The second kappa shape index (κ2) is 9.15. The number of carbonyl (C=O) groups is 2. The maximum absolute atomic E-state index is 11.9. The van der Waals surface area contributed by atoms with Gasteiger partial charge in [-0.1, -0.05) is 78.9 Å². The van der Waals surface area contributed by atoms with E-state index < -0.39 is 12.1 Å². The van der Waals surface area contributed by atoms with Crippen LogP contribution in [0.5, 0.6) is 0 Å². The summed E-state index contributed by atoms with van der Waals surface area (Å²) in [5.74, 6) is -1.15. The van der Waals surface area contributed by atoms with Crippen molar-refractivity contribution in [2.75, 3.05) is 0 Å². The SMILES string of the molecule is O=C(O)c1ccccc1.O=C(c1ccccc1)C(O)c1ccccc1. The molecule has 0 heterocycles. The molecule has 126 valence electrons. The lowest BCUT2D eigenvalue weighted by molar-refractivity contribution is 0.0696. The molecular weight excluding hydrogens is 316 g/mol. The van der Waals surface area contributed by atoms with Gasteiger partial charge in [-0.25, -0.2) is 4.79 Å². The highest BCUT2D eigenvalue weighted by Crippen LogP contribution is 2.17. The lowest BCUT2D eigenvalue weighted by Gasteiger charge is -2.09. The van der Waals surface area contributed by atoms with Gasteiger partial charge in [0, 0.05) is 5.56 Å². The van der Waals surface area contributed by atoms with Gasteiger partial charge in [0.05, 0.1) is 5.56 Å². The fraction of sp³-hybridized carbons (Fsp3) is 0.0476. The van der Waals surface area contributed by atoms with Crippen LogP contribution in [0, 0.1) is 0 Å². The minimum atomic E-state index is -1.08. The molecular formula is C21H18O4. The molecule has 0 saturated carbocycles. The molecule has 1 unspecified atom stereocenters. The van der Waals surface area contributed by atoms with Crippen molar-refractivity contribution in [3.8, 4) is 0 Å². The Morgan fingerprint density at radius 3 is 1.44 bits per heavy atom. The zero-order chi connectivity index (χ0) is 18.1. The molecule has 0 fully saturated rings. The Kier molecular flexibility index (Phi) is 6.63. The van der Waals surface area contributed by atoms with Crippen molar-refractivity contribution < 1.29 is 19.8 Å². The van der Waals surface area contributed by atoms with E-state index in [1.807, 2.05) is 12.1 Å². The predicted octanol–water partition coefficient (Wildman–Crippen LogP) is 3.99. The number of rotatable bonds is 4. The number of ketones is 1. The van der Waals surface area contributed by atoms with Gasteiger partial charge in [0.1, 0.15) is 6.10 Å². The van der Waals surface area contributed by atoms with Gasteiger partial charge in [-0.3, -0.25) is 4.79 Å². The lowest BCUT2D eigenvalue weighted by Crippen LogP contribution is -2.11. The van der Waals surface area contributed by atoms with Crippen LogP contribution in [0.1, 0.15) is 32.4 Å². The largest absolute Gasteiger partial charge is 0.478 e. The molecule has 3 aromatic rings. The summed E-state index contributed by atoms with van der Waals surface area (Å²) in [5.41, 5.74) is 1.48. The number of benzene rings is 3. The van der Waals surface area contributed by atoms with Gasteiger partial charge in [-0.15, -0.1) is 0 Å². The number of carboxylic acids is 1. The number of hydrogen-bond acceptors (Lipinski definition) is 3. The number of Topliss-reactive ketones (excluding diaryl/α,β-unsaturated/α-hetero) is 1. The van der Waals surface area contributed by atoms with E-state index in [-0.39, 0.29) is 5.78 Å². The van der Waals surface area contributed by atoms with Crippen molar-refractivity contribution in [1.82, 2.24) is 0 Å². The van der Waals surface area contributed by atoms with Crippen molar-refractivity contribution in [3.05, 3.63) is 108 Å². The Hall–Kier alpha value is -3.24. The number of aliphatic hydroxyl groups is 1. The molecule has 3 aromatic carbocycles. The third-order valence-corrected chi connectivity index (χ3v) is 3.44. The quantitative estimate of drug-likeness (QED) is 0.708. The van der Waals surface area contributed by atoms with Gasteiger partial charge in [0.15, 0.2) is 5.78 Å². The van der Waals surface area contributed by atoms with Crippen molar-refractivity contribution in [3.63, 3.8) is 0 Å². The summed E-state index contributed by atoms with van der Waals surface area (Å²) >= 11 is 0. The summed E-state index contributed by atoms with van der Waals surface area (Å²) in [4.78, 5) is 22.1. The van der Waals surface area contributed by atoms with Gasteiger partial charge in [-0.05, 0) is 17.7 Å². The fourth-order valence-electron chi connectivity index (χ4n) is 2.13. The van der Waals surface area contributed by atoms with Crippen LogP contribution >= 0.6 is 0 Å². The monoisotopic (exact) mass is 334 g/mol. The number of hydrogen-bond donors (Lipinski definition) is 2. The van der Waals surface area contributed by atoms with Crippen LogP contribution < -0.4 is 0 Å². The van der Waals surface area contributed by atoms with Gasteiger partial charge >= 0.3 is 5.97 Å². The maximum Gasteiger partial charge on any atom is 0.335 e. The van der Waals surface area contributed by atoms with Crippen LogP contribution in [0.3, 0.4) is 0 Å². The van der Waals surface area contributed by atoms with Crippen LogP contribution in [-0.4, -0.2) is 22.0 Å². The Bertz CT molecular complexity index is 799. The Morgan fingerprint density at radius 1 is 0.640 bits per heavy atom. The summed E-state index contributed by atoms with van der Waals surface area (Å²) < 4.78 is 0. The van der Waals surface area contributed by atoms with E-state index >= 15 is 0 Å². The number of carboxylic acid groups (broad SMARTS) is 1. The lowest BCUT2D eigenvalue weighted by atomic mass is 10.0. The Labute approximate surface area is 146 Å². The number of aromatic carboxylic acids is 1. The first-order valence-electron chi connectivity index (χ1n) is 7.70. The fourth-order valence-corrected chi connectivity index (χ4v) is 2.13. The van der Waals surface area contributed by atoms with E-state index in [0.717, 1.165) is 0 Å². The molecule has 0 aromatic heterocycles. The normalized spacial score (nSPS) is 10.9. The van der Waals surface area contributed by atoms with Crippen LogP contribution in [0.15, 0.2) is 91.0 Å². The van der Waals surface area contributed by atoms with Crippen LogP contribution in [0.2, 0.25) is 0 Å². The molecule has 0 aliphatic carbocycles. The van der Waals surface area contributed by atoms with Crippen molar-refractivity contribution in [2.45, 2.75) is 6.10 Å². The van der Waals surface area contributed by atoms with Crippen molar-refractivity contribution >= 4 is 11.8 Å². The topological polar surface area (TPSA) is 74.6 Å². The Balaban J connectivity index is 0.000000212. The third-order valence-electron chi connectivity index (χ3n) is 3.44. The second-order valence-corrected chi connectivity index (χ2v) is 5.21. The molecule has 2 N–H and O–H groups in total. The summed E-state index contributed by atoms with van der Waals surface area (Å²) in [6.07, 6.45) is -1.08. The molecule has 4 nitrogen and oxygen atoms in total.